The molecule has 1 saturated heterocycles. The molecule has 0 unspecified atom stereocenters. The van der Waals surface area contributed by atoms with Gasteiger partial charge in [0.05, 0.1) is 0 Å². The largest absolute Gasteiger partial charge is 0.491 e. The number of ether oxygens (including phenoxy) is 1. The molecule has 1 aromatic carbocycles. The fraction of sp³-hybridized carbons (Fsp3) is 0.529. The van der Waals surface area contributed by atoms with Gasteiger partial charge in [0.25, 0.3) is 0 Å². The third-order valence-corrected chi connectivity index (χ3v) is 4.93. The van der Waals surface area contributed by atoms with Crippen LogP contribution >= 0.6 is 11.5 Å². The molecule has 0 saturated carbocycles. The summed E-state index contributed by atoms with van der Waals surface area (Å²) >= 11 is 1.45. The van der Waals surface area contributed by atoms with E-state index in [1.807, 2.05) is 38.1 Å². The van der Waals surface area contributed by atoms with E-state index in [1.54, 1.807) is 0 Å². The third kappa shape index (κ3) is 4.66. The van der Waals surface area contributed by atoms with Gasteiger partial charge in [0.2, 0.25) is 5.13 Å². The maximum absolute atomic E-state index is 10.2. The molecule has 0 bridgehead atoms. The van der Waals surface area contributed by atoms with E-state index in [9.17, 15) is 5.11 Å². The highest BCUT2D eigenvalue weighted by molar-refractivity contribution is 7.09. The lowest BCUT2D eigenvalue weighted by molar-refractivity contribution is 0.0663. The Hall–Kier alpha value is -1.70. The molecule has 1 aliphatic rings. The average molecular weight is 348 g/mol. The van der Waals surface area contributed by atoms with Crippen molar-refractivity contribution in [3.05, 3.63) is 35.7 Å². The number of aromatic nitrogens is 2. The highest BCUT2D eigenvalue weighted by Crippen LogP contribution is 2.19. The Balaban J connectivity index is 1.40. The maximum atomic E-state index is 10.2. The van der Waals surface area contributed by atoms with Gasteiger partial charge in [-0.1, -0.05) is 12.1 Å². The van der Waals surface area contributed by atoms with Gasteiger partial charge in [-0.3, -0.25) is 4.90 Å². The van der Waals surface area contributed by atoms with Crippen LogP contribution in [-0.2, 0) is 0 Å². The second-order valence-electron chi connectivity index (χ2n) is 6.19. The first-order chi connectivity index (χ1) is 11.6. The molecule has 2 aromatic rings. The summed E-state index contributed by atoms with van der Waals surface area (Å²) in [6, 6.07) is 7.89. The quantitative estimate of drug-likeness (QED) is 0.858. The molecular formula is C17H24N4O2S. The summed E-state index contributed by atoms with van der Waals surface area (Å²) in [5.74, 6) is 1.65. The lowest BCUT2D eigenvalue weighted by Crippen LogP contribution is -2.49. The molecule has 0 spiro atoms. The van der Waals surface area contributed by atoms with E-state index in [0.29, 0.717) is 13.2 Å². The van der Waals surface area contributed by atoms with Crippen molar-refractivity contribution in [2.24, 2.45) is 0 Å². The first-order valence-corrected chi connectivity index (χ1v) is 9.02. The first-order valence-electron chi connectivity index (χ1n) is 8.25. The van der Waals surface area contributed by atoms with E-state index in [2.05, 4.69) is 19.2 Å². The van der Waals surface area contributed by atoms with Gasteiger partial charge in [0.15, 0.2) is 0 Å². The molecule has 0 aliphatic carbocycles. The molecule has 0 radical (unpaired) electrons. The number of aliphatic hydroxyl groups is 1. The second kappa shape index (κ2) is 7.92. The Bertz CT molecular complexity index is 656. The van der Waals surface area contributed by atoms with Crippen LogP contribution in [0.2, 0.25) is 0 Å². The Kier molecular flexibility index (Phi) is 5.65. The molecule has 1 fully saturated rings. The van der Waals surface area contributed by atoms with Crippen molar-refractivity contribution in [3.8, 4) is 5.75 Å². The molecule has 7 heteroatoms. The van der Waals surface area contributed by atoms with E-state index in [1.165, 1.54) is 11.5 Å². The summed E-state index contributed by atoms with van der Waals surface area (Å²) in [4.78, 5) is 8.97. The number of benzene rings is 1. The Morgan fingerprint density at radius 1 is 1.25 bits per heavy atom. The lowest BCUT2D eigenvalue weighted by Gasteiger charge is -2.35. The minimum atomic E-state index is -0.485. The van der Waals surface area contributed by atoms with Gasteiger partial charge in [-0.15, -0.1) is 0 Å². The van der Waals surface area contributed by atoms with Crippen LogP contribution in [0.1, 0.15) is 11.4 Å². The predicted molar refractivity (Wildman–Crippen MR) is 96.0 cm³/mol. The molecule has 1 aromatic heterocycles. The van der Waals surface area contributed by atoms with E-state index in [0.717, 1.165) is 48.4 Å². The fourth-order valence-electron chi connectivity index (χ4n) is 2.78. The van der Waals surface area contributed by atoms with Crippen molar-refractivity contribution in [2.45, 2.75) is 20.0 Å². The second-order valence-corrected chi connectivity index (χ2v) is 6.92. The van der Waals surface area contributed by atoms with Crippen molar-refractivity contribution in [1.82, 2.24) is 14.3 Å². The number of aryl methyl sites for hydroxylation is 2. The van der Waals surface area contributed by atoms with Gasteiger partial charge >= 0.3 is 0 Å². The van der Waals surface area contributed by atoms with Crippen LogP contribution in [0.4, 0.5) is 5.13 Å². The molecule has 130 valence electrons. The number of nitrogens with zero attached hydrogens (tertiary/aromatic N) is 4. The van der Waals surface area contributed by atoms with Gasteiger partial charge in [0, 0.05) is 44.3 Å². The van der Waals surface area contributed by atoms with Crippen molar-refractivity contribution in [2.75, 3.05) is 44.2 Å². The highest BCUT2D eigenvalue weighted by atomic mass is 32.1. The zero-order valence-corrected chi connectivity index (χ0v) is 15.0. The average Bonchev–Trinajstić information content (AvgIpc) is 3.00. The molecule has 1 N–H and O–H groups in total. The summed E-state index contributed by atoms with van der Waals surface area (Å²) in [6.45, 7) is 8.57. The summed E-state index contributed by atoms with van der Waals surface area (Å²) in [6.07, 6.45) is -0.485. The van der Waals surface area contributed by atoms with Crippen LogP contribution < -0.4 is 9.64 Å². The van der Waals surface area contributed by atoms with Gasteiger partial charge < -0.3 is 14.7 Å². The number of piperazine rings is 1. The van der Waals surface area contributed by atoms with Gasteiger partial charge in [-0.25, -0.2) is 4.98 Å². The Morgan fingerprint density at radius 2 is 2.04 bits per heavy atom. The van der Waals surface area contributed by atoms with E-state index in [-0.39, 0.29) is 0 Å². The van der Waals surface area contributed by atoms with Gasteiger partial charge in [-0.05, 0) is 31.5 Å². The molecule has 3 rings (SSSR count). The predicted octanol–water partition coefficient (Wildman–Crippen LogP) is 1.72. The van der Waals surface area contributed by atoms with Crippen molar-refractivity contribution in [1.29, 1.82) is 0 Å². The minimum absolute atomic E-state index is 0.319. The van der Waals surface area contributed by atoms with Crippen LogP contribution in [0.3, 0.4) is 0 Å². The first kappa shape index (κ1) is 17.1. The number of β-amino-alcohol motifs (C(OH)–C–C–N with tert-alkyl or cyclic N) is 1. The number of anilines is 1. The van der Waals surface area contributed by atoms with Crippen LogP contribution in [-0.4, -0.2) is 64.8 Å². The standard InChI is InChI=1S/C17H24N4O2S/c1-13-4-3-5-16(10-13)23-12-15(22)11-20-6-8-21(9-7-20)17-18-14(2)19-24-17/h3-5,10,15,22H,6-9,11-12H2,1-2H3/t15-/m0/s1. The minimum Gasteiger partial charge on any atom is -0.491 e. The van der Waals surface area contributed by atoms with E-state index in [4.69, 9.17) is 4.74 Å². The normalized spacial score (nSPS) is 17.0. The maximum Gasteiger partial charge on any atom is 0.205 e. The van der Waals surface area contributed by atoms with Gasteiger partial charge in [0.1, 0.15) is 24.3 Å². The SMILES string of the molecule is Cc1cccc(OC[C@@H](O)CN2CCN(c3nc(C)ns3)CC2)c1. The molecular weight excluding hydrogens is 324 g/mol. The van der Waals surface area contributed by atoms with Crippen LogP contribution in [0, 0.1) is 13.8 Å². The molecule has 6 nitrogen and oxygen atoms in total. The summed E-state index contributed by atoms with van der Waals surface area (Å²) in [5, 5.41) is 11.2. The van der Waals surface area contributed by atoms with E-state index < -0.39 is 6.10 Å². The Morgan fingerprint density at radius 3 is 2.71 bits per heavy atom. The fourth-order valence-corrected chi connectivity index (χ4v) is 3.51. The monoisotopic (exact) mass is 348 g/mol. The number of hydrogen-bond acceptors (Lipinski definition) is 7. The number of rotatable bonds is 6. The van der Waals surface area contributed by atoms with Crippen LogP contribution in [0.15, 0.2) is 24.3 Å². The third-order valence-electron chi connectivity index (χ3n) is 4.06. The Labute approximate surface area is 146 Å². The molecule has 1 atom stereocenters. The molecule has 0 amide bonds. The molecule has 24 heavy (non-hydrogen) atoms. The zero-order chi connectivity index (χ0) is 16.9. The topological polar surface area (TPSA) is 61.7 Å². The number of aliphatic hydroxyl groups excluding tert-OH is 1. The molecule has 2 heterocycles. The van der Waals surface area contributed by atoms with Gasteiger partial charge in [-0.2, -0.15) is 4.37 Å². The van der Waals surface area contributed by atoms with E-state index >= 15 is 0 Å². The van der Waals surface area contributed by atoms with Crippen molar-refractivity contribution >= 4 is 16.7 Å². The van der Waals surface area contributed by atoms with Crippen LogP contribution in [0.5, 0.6) is 5.75 Å². The summed E-state index contributed by atoms with van der Waals surface area (Å²) < 4.78 is 9.92. The zero-order valence-electron chi connectivity index (χ0n) is 14.2. The number of hydrogen-bond donors (Lipinski definition) is 1. The highest BCUT2D eigenvalue weighted by Gasteiger charge is 2.21. The van der Waals surface area contributed by atoms with Crippen molar-refractivity contribution < 1.29 is 9.84 Å². The summed E-state index contributed by atoms with van der Waals surface area (Å²) in [7, 11) is 0. The molecule has 1 aliphatic heterocycles. The summed E-state index contributed by atoms with van der Waals surface area (Å²) in [5.41, 5.74) is 1.16. The van der Waals surface area contributed by atoms with Crippen LogP contribution in [0.25, 0.3) is 0 Å². The lowest BCUT2D eigenvalue weighted by atomic mass is 10.2. The van der Waals surface area contributed by atoms with Crippen molar-refractivity contribution in [3.63, 3.8) is 0 Å². The smallest absolute Gasteiger partial charge is 0.205 e.